The number of unbranched alkanes of at least 4 members (excludes halogenated alkanes) is 1. The Balaban J connectivity index is 0.00000289. The molecule has 0 aliphatic heterocycles. The van der Waals surface area contributed by atoms with E-state index in [1.54, 1.807) is 7.05 Å². The Kier molecular flexibility index (Phi) is 10.4. The quantitative estimate of drug-likeness (QED) is 0.327. The van der Waals surface area contributed by atoms with Crippen LogP contribution in [0.4, 0.5) is 0 Å². The molecule has 3 nitrogen and oxygen atoms in total. The highest BCUT2D eigenvalue weighted by Gasteiger charge is 1.97. The Hall–Kier alpha value is -0.300. The number of guanidine groups is 1. The van der Waals surface area contributed by atoms with E-state index in [0.29, 0.717) is 0 Å². The van der Waals surface area contributed by atoms with Gasteiger partial charge in [-0.15, -0.1) is 24.0 Å². The maximum atomic E-state index is 4.18. The molecule has 0 aromatic heterocycles. The SMILES string of the molecule is CCCCNC(=NC)NCc1cccc(Br)c1.I. The number of hydrogen-bond donors (Lipinski definition) is 2. The standard InChI is InChI=1S/C13H20BrN3.HI/c1-3-4-8-16-13(15-2)17-10-11-6-5-7-12(14)9-11;/h5-7,9H,3-4,8,10H2,1-2H3,(H2,15,16,17);1H. The van der Waals surface area contributed by atoms with Crippen molar-refractivity contribution in [2.24, 2.45) is 4.99 Å². The van der Waals surface area contributed by atoms with Gasteiger partial charge in [0.25, 0.3) is 0 Å². The fourth-order valence-corrected chi connectivity index (χ4v) is 1.88. The van der Waals surface area contributed by atoms with E-state index in [2.05, 4.69) is 50.6 Å². The van der Waals surface area contributed by atoms with Gasteiger partial charge in [0.05, 0.1) is 0 Å². The average molecular weight is 426 g/mol. The zero-order valence-corrected chi connectivity index (χ0v) is 14.8. The number of halogens is 2. The minimum Gasteiger partial charge on any atom is -0.356 e. The summed E-state index contributed by atoms with van der Waals surface area (Å²) in [4.78, 5) is 4.18. The predicted molar refractivity (Wildman–Crippen MR) is 92.7 cm³/mol. The van der Waals surface area contributed by atoms with Gasteiger partial charge >= 0.3 is 0 Å². The number of aliphatic imine (C=N–C) groups is 1. The molecule has 0 saturated carbocycles. The van der Waals surface area contributed by atoms with Crippen LogP contribution in [0.1, 0.15) is 25.3 Å². The summed E-state index contributed by atoms with van der Waals surface area (Å²) < 4.78 is 1.10. The molecule has 102 valence electrons. The van der Waals surface area contributed by atoms with E-state index >= 15 is 0 Å². The normalized spacial score (nSPS) is 10.7. The highest BCUT2D eigenvalue weighted by Crippen LogP contribution is 2.11. The summed E-state index contributed by atoms with van der Waals surface area (Å²) in [7, 11) is 1.79. The van der Waals surface area contributed by atoms with Crippen molar-refractivity contribution >= 4 is 45.9 Å². The van der Waals surface area contributed by atoms with Crippen molar-refractivity contribution in [1.29, 1.82) is 0 Å². The molecule has 1 aromatic carbocycles. The van der Waals surface area contributed by atoms with Crippen molar-refractivity contribution in [3.8, 4) is 0 Å². The molecule has 0 aliphatic rings. The van der Waals surface area contributed by atoms with Crippen LogP contribution in [0.5, 0.6) is 0 Å². The molecule has 0 atom stereocenters. The van der Waals surface area contributed by atoms with E-state index in [4.69, 9.17) is 0 Å². The van der Waals surface area contributed by atoms with Crippen molar-refractivity contribution in [2.45, 2.75) is 26.3 Å². The average Bonchev–Trinajstić information content (AvgIpc) is 2.34. The van der Waals surface area contributed by atoms with Crippen molar-refractivity contribution in [2.75, 3.05) is 13.6 Å². The molecule has 0 spiro atoms. The Morgan fingerprint density at radius 2 is 2.11 bits per heavy atom. The summed E-state index contributed by atoms with van der Waals surface area (Å²) in [6, 6.07) is 8.26. The fraction of sp³-hybridized carbons (Fsp3) is 0.462. The van der Waals surface area contributed by atoms with Crippen LogP contribution >= 0.6 is 39.9 Å². The second-order valence-electron chi connectivity index (χ2n) is 3.84. The van der Waals surface area contributed by atoms with Gasteiger partial charge in [0.2, 0.25) is 0 Å². The number of nitrogens with zero attached hydrogens (tertiary/aromatic N) is 1. The Bertz CT molecular complexity index is 369. The van der Waals surface area contributed by atoms with Crippen LogP contribution < -0.4 is 10.6 Å². The van der Waals surface area contributed by atoms with Crippen LogP contribution in [0.25, 0.3) is 0 Å². The smallest absolute Gasteiger partial charge is 0.191 e. The molecule has 0 heterocycles. The largest absolute Gasteiger partial charge is 0.356 e. The zero-order valence-electron chi connectivity index (χ0n) is 10.9. The van der Waals surface area contributed by atoms with Crippen molar-refractivity contribution < 1.29 is 0 Å². The molecule has 0 unspecified atom stereocenters. The van der Waals surface area contributed by atoms with Gasteiger partial charge in [-0.25, -0.2) is 0 Å². The topological polar surface area (TPSA) is 36.4 Å². The van der Waals surface area contributed by atoms with Crippen LogP contribution in [0.3, 0.4) is 0 Å². The van der Waals surface area contributed by atoms with Crippen molar-refractivity contribution in [1.82, 2.24) is 10.6 Å². The Morgan fingerprint density at radius 1 is 1.33 bits per heavy atom. The van der Waals surface area contributed by atoms with E-state index < -0.39 is 0 Å². The summed E-state index contributed by atoms with van der Waals surface area (Å²) in [5, 5.41) is 6.57. The second-order valence-corrected chi connectivity index (χ2v) is 4.75. The molecule has 0 saturated heterocycles. The third-order valence-corrected chi connectivity index (χ3v) is 2.89. The van der Waals surface area contributed by atoms with Crippen LogP contribution in [-0.4, -0.2) is 19.6 Å². The zero-order chi connectivity index (χ0) is 12.5. The van der Waals surface area contributed by atoms with Crippen LogP contribution in [-0.2, 0) is 6.54 Å². The molecule has 0 bridgehead atoms. The van der Waals surface area contributed by atoms with E-state index in [9.17, 15) is 0 Å². The Labute approximate surface area is 135 Å². The minimum atomic E-state index is 0. The molecular weight excluding hydrogens is 405 g/mol. The molecular formula is C13H21BrIN3. The molecule has 0 radical (unpaired) electrons. The first-order chi connectivity index (χ1) is 8.26. The number of rotatable bonds is 5. The first-order valence-corrected chi connectivity index (χ1v) is 6.74. The summed E-state index contributed by atoms with van der Waals surface area (Å²) >= 11 is 3.46. The maximum absolute atomic E-state index is 4.18. The highest BCUT2D eigenvalue weighted by atomic mass is 127. The van der Waals surface area contributed by atoms with Gasteiger partial charge in [0.1, 0.15) is 0 Å². The summed E-state index contributed by atoms with van der Waals surface area (Å²) in [5.41, 5.74) is 1.23. The number of hydrogen-bond acceptors (Lipinski definition) is 1. The third kappa shape index (κ3) is 7.20. The highest BCUT2D eigenvalue weighted by molar-refractivity contribution is 14.0. The lowest BCUT2D eigenvalue weighted by Crippen LogP contribution is -2.37. The van der Waals surface area contributed by atoms with E-state index in [1.807, 2.05) is 12.1 Å². The van der Waals surface area contributed by atoms with Gasteiger partial charge in [0.15, 0.2) is 5.96 Å². The van der Waals surface area contributed by atoms with E-state index in [-0.39, 0.29) is 24.0 Å². The molecule has 2 N–H and O–H groups in total. The van der Waals surface area contributed by atoms with Gasteiger partial charge in [-0.05, 0) is 24.1 Å². The molecule has 1 rings (SSSR count). The molecule has 5 heteroatoms. The van der Waals surface area contributed by atoms with Crippen LogP contribution in [0.2, 0.25) is 0 Å². The van der Waals surface area contributed by atoms with Crippen LogP contribution in [0.15, 0.2) is 33.7 Å². The molecule has 1 aromatic rings. The lowest BCUT2D eigenvalue weighted by Gasteiger charge is -2.11. The van der Waals surface area contributed by atoms with Crippen molar-refractivity contribution in [3.05, 3.63) is 34.3 Å². The lowest BCUT2D eigenvalue weighted by atomic mass is 10.2. The molecule has 0 aliphatic carbocycles. The van der Waals surface area contributed by atoms with Gasteiger partial charge < -0.3 is 10.6 Å². The van der Waals surface area contributed by atoms with Gasteiger partial charge in [-0.1, -0.05) is 41.4 Å². The van der Waals surface area contributed by atoms with Gasteiger partial charge in [0, 0.05) is 24.6 Å². The number of benzene rings is 1. The van der Waals surface area contributed by atoms with Gasteiger partial charge in [-0.3, -0.25) is 4.99 Å². The summed E-state index contributed by atoms with van der Waals surface area (Å²) in [5.74, 6) is 0.860. The van der Waals surface area contributed by atoms with E-state index in [1.165, 1.54) is 12.0 Å². The molecule has 0 fully saturated rings. The van der Waals surface area contributed by atoms with Gasteiger partial charge in [-0.2, -0.15) is 0 Å². The third-order valence-electron chi connectivity index (χ3n) is 2.40. The monoisotopic (exact) mass is 425 g/mol. The second kappa shape index (κ2) is 10.6. The minimum absolute atomic E-state index is 0. The first-order valence-electron chi connectivity index (χ1n) is 5.95. The molecule has 18 heavy (non-hydrogen) atoms. The first kappa shape index (κ1) is 17.7. The lowest BCUT2D eigenvalue weighted by molar-refractivity contribution is 0.729. The fourth-order valence-electron chi connectivity index (χ4n) is 1.44. The number of nitrogens with one attached hydrogen (secondary N) is 2. The maximum Gasteiger partial charge on any atom is 0.191 e. The predicted octanol–water partition coefficient (Wildman–Crippen LogP) is 3.53. The summed E-state index contributed by atoms with van der Waals surface area (Å²) in [6.07, 6.45) is 2.35. The van der Waals surface area contributed by atoms with E-state index in [0.717, 1.165) is 29.9 Å². The summed E-state index contributed by atoms with van der Waals surface area (Å²) in [6.45, 7) is 3.93. The van der Waals surface area contributed by atoms with Crippen LogP contribution in [0, 0.1) is 0 Å². The Morgan fingerprint density at radius 3 is 2.72 bits per heavy atom. The van der Waals surface area contributed by atoms with Crippen molar-refractivity contribution in [3.63, 3.8) is 0 Å². The molecule has 0 amide bonds.